The van der Waals surface area contributed by atoms with Gasteiger partial charge in [-0.1, -0.05) is 12.1 Å². The molecule has 0 spiro atoms. The number of ether oxygens (including phenoxy) is 1. The van der Waals surface area contributed by atoms with Gasteiger partial charge in [-0.2, -0.15) is 0 Å². The second-order valence-electron chi connectivity index (χ2n) is 6.24. The molecule has 2 heterocycles. The Hall–Kier alpha value is -3.04. The first kappa shape index (κ1) is 21.7. The van der Waals surface area contributed by atoms with Crippen LogP contribution in [0.3, 0.4) is 0 Å². The number of carbonyl (C=O) groups is 3. The minimum absolute atomic E-state index is 0.231. The van der Waals surface area contributed by atoms with Gasteiger partial charge in [-0.3, -0.25) is 14.6 Å². The number of rotatable bonds is 7. The minimum atomic E-state index is -0.608. The third kappa shape index (κ3) is 5.11. The Balaban J connectivity index is 1.70. The van der Waals surface area contributed by atoms with Crippen molar-refractivity contribution in [3.05, 3.63) is 58.7 Å². The molecule has 0 aliphatic carbocycles. The maximum atomic E-state index is 12.5. The quantitative estimate of drug-likeness (QED) is 0.333. The molecule has 0 radical (unpaired) electrons. The van der Waals surface area contributed by atoms with Crippen LogP contribution in [0.2, 0.25) is 0 Å². The Morgan fingerprint density at radius 1 is 1.20 bits per heavy atom. The number of aromatic nitrogens is 2. The van der Waals surface area contributed by atoms with E-state index in [1.165, 1.54) is 30.0 Å². The van der Waals surface area contributed by atoms with Gasteiger partial charge in [0.2, 0.25) is 5.91 Å². The van der Waals surface area contributed by atoms with Gasteiger partial charge in [0.05, 0.1) is 17.1 Å². The number of thioether (sulfide) groups is 1. The van der Waals surface area contributed by atoms with Crippen LogP contribution in [0.25, 0.3) is 10.7 Å². The highest BCUT2D eigenvalue weighted by molar-refractivity contribution is 7.98. The first-order valence-corrected chi connectivity index (χ1v) is 11.0. The van der Waals surface area contributed by atoms with Crippen molar-refractivity contribution >= 4 is 46.4 Å². The molecule has 1 N–H and O–H groups in total. The summed E-state index contributed by atoms with van der Waals surface area (Å²) < 4.78 is 5.22. The first-order chi connectivity index (χ1) is 14.4. The van der Waals surface area contributed by atoms with Crippen molar-refractivity contribution in [1.82, 2.24) is 9.97 Å². The maximum Gasteiger partial charge on any atom is 0.350 e. The van der Waals surface area contributed by atoms with Crippen LogP contribution < -0.4 is 5.32 Å². The summed E-state index contributed by atoms with van der Waals surface area (Å²) in [5.74, 6) is -1.20. The van der Waals surface area contributed by atoms with Crippen LogP contribution in [0, 0.1) is 6.92 Å². The third-order valence-corrected chi connectivity index (χ3v) is 5.99. The van der Waals surface area contributed by atoms with E-state index in [4.69, 9.17) is 4.74 Å². The number of hydrogen-bond donors (Lipinski definition) is 1. The zero-order chi connectivity index (χ0) is 21.7. The Labute approximate surface area is 181 Å². The number of benzene rings is 1. The van der Waals surface area contributed by atoms with Gasteiger partial charge in [0.15, 0.2) is 12.4 Å². The predicted molar refractivity (Wildman–Crippen MR) is 117 cm³/mol. The minimum Gasteiger partial charge on any atom is -0.453 e. The van der Waals surface area contributed by atoms with Gasteiger partial charge in [-0.25, -0.2) is 9.78 Å². The molecule has 0 unspecified atom stereocenters. The molecule has 1 aromatic carbocycles. The van der Waals surface area contributed by atoms with Gasteiger partial charge >= 0.3 is 5.97 Å². The smallest absolute Gasteiger partial charge is 0.350 e. The van der Waals surface area contributed by atoms with Crippen LogP contribution in [0.5, 0.6) is 0 Å². The van der Waals surface area contributed by atoms with E-state index in [1.54, 1.807) is 37.4 Å². The van der Waals surface area contributed by atoms with Crippen LogP contribution in [0.15, 0.2) is 47.5 Å². The highest BCUT2D eigenvalue weighted by Crippen LogP contribution is 2.28. The zero-order valence-electron chi connectivity index (χ0n) is 16.6. The normalized spacial score (nSPS) is 10.5. The lowest BCUT2D eigenvalue weighted by atomic mass is 10.1. The summed E-state index contributed by atoms with van der Waals surface area (Å²) in [6.45, 7) is 2.70. The molecule has 0 bridgehead atoms. The Bertz CT molecular complexity index is 1100. The van der Waals surface area contributed by atoms with E-state index in [-0.39, 0.29) is 11.7 Å². The fourth-order valence-corrected chi connectivity index (χ4v) is 4.10. The second kappa shape index (κ2) is 9.64. The monoisotopic (exact) mass is 441 g/mol. The number of hydrogen-bond acceptors (Lipinski definition) is 8. The molecular weight excluding hydrogens is 422 g/mol. The van der Waals surface area contributed by atoms with Gasteiger partial charge in [0.25, 0.3) is 0 Å². The topological polar surface area (TPSA) is 98.2 Å². The van der Waals surface area contributed by atoms with E-state index < -0.39 is 12.6 Å². The fraction of sp³-hybridized carbons (Fsp3) is 0.190. The van der Waals surface area contributed by atoms with Gasteiger partial charge in [-0.05, 0) is 37.4 Å². The molecule has 30 heavy (non-hydrogen) atoms. The number of thiazole rings is 1. The molecule has 0 fully saturated rings. The summed E-state index contributed by atoms with van der Waals surface area (Å²) in [6.07, 6.45) is 3.53. The number of esters is 1. The van der Waals surface area contributed by atoms with Gasteiger partial charge in [0, 0.05) is 23.6 Å². The molecule has 1 amide bonds. The molecule has 3 rings (SSSR count). The molecule has 0 aliphatic heterocycles. The van der Waals surface area contributed by atoms with Crippen molar-refractivity contribution in [2.45, 2.75) is 18.7 Å². The van der Waals surface area contributed by atoms with Crippen molar-refractivity contribution in [2.75, 3.05) is 18.2 Å². The van der Waals surface area contributed by atoms with Crippen molar-refractivity contribution in [3.63, 3.8) is 0 Å². The molecule has 7 nitrogen and oxygen atoms in total. The molecule has 0 saturated carbocycles. The van der Waals surface area contributed by atoms with Crippen LogP contribution in [-0.4, -0.2) is 40.5 Å². The Morgan fingerprint density at radius 2 is 2.00 bits per heavy atom. The summed E-state index contributed by atoms with van der Waals surface area (Å²) >= 11 is 2.63. The van der Waals surface area contributed by atoms with E-state index in [2.05, 4.69) is 15.3 Å². The molecular formula is C21H19N3O4S2. The summed E-state index contributed by atoms with van der Waals surface area (Å²) in [4.78, 5) is 46.1. The number of pyridine rings is 1. The largest absolute Gasteiger partial charge is 0.453 e. The molecule has 2 aromatic heterocycles. The second-order valence-corrected chi connectivity index (χ2v) is 8.09. The van der Waals surface area contributed by atoms with E-state index in [1.807, 2.05) is 18.4 Å². The Morgan fingerprint density at radius 3 is 2.67 bits per heavy atom. The highest BCUT2D eigenvalue weighted by atomic mass is 32.2. The molecule has 0 saturated heterocycles. The number of ketones is 1. The number of nitrogens with one attached hydrogen (secondary N) is 1. The summed E-state index contributed by atoms with van der Waals surface area (Å²) in [5.41, 5.74) is 2.08. The first-order valence-electron chi connectivity index (χ1n) is 8.94. The van der Waals surface area contributed by atoms with Crippen LogP contribution >= 0.6 is 23.1 Å². The van der Waals surface area contributed by atoms with E-state index in [0.29, 0.717) is 32.5 Å². The number of carbonyl (C=O) groups excluding carboxylic acids is 3. The van der Waals surface area contributed by atoms with Crippen LogP contribution in [-0.2, 0) is 9.53 Å². The molecule has 9 heteroatoms. The molecule has 0 atom stereocenters. The maximum absolute atomic E-state index is 12.5. The van der Waals surface area contributed by atoms with Crippen molar-refractivity contribution in [2.24, 2.45) is 0 Å². The SMILES string of the molecule is CSc1ccc(C(=O)COC(=O)c2sc(-c3ccccn3)nc2C)cc1NC(C)=O. The fourth-order valence-electron chi connectivity index (χ4n) is 2.63. The lowest BCUT2D eigenvalue weighted by Gasteiger charge is -2.10. The number of aryl methyl sites for hydroxylation is 1. The predicted octanol–water partition coefficient (Wildman–Crippen LogP) is 4.23. The van der Waals surface area contributed by atoms with Crippen LogP contribution in [0.4, 0.5) is 5.69 Å². The summed E-state index contributed by atoms with van der Waals surface area (Å²) in [7, 11) is 0. The lowest BCUT2D eigenvalue weighted by Crippen LogP contribution is -2.15. The lowest BCUT2D eigenvalue weighted by molar-refractivity contribution is -0.114. The zero-order valence-corrected chi connectivity index (χ0v) is 18.2. The third-order valence-electron chi connectivity index (χ3n) is 4.03. The van der Waals surface area contributed by atoms with Crippen molar-refractivity contribution < 1.29 is 19.1 Å². The molecule has 0 aliphatic rings. The standard InChI is InChI=1S/C21H19N3O4S2/c1-12-19(30-20(23-12)15-6-4-5-9-22-15)21(27)28-11-17(26)14-7-8-18(29-3)16(10-14)24-13(2)25/h4-10H,11H2,1-3H3,(H,24,25). The van der Waals surface area contributed by atoms with Crippen molar-refractivity contribution in [1.29, 1.82) is 0 Å². The van der Waals surface area contributed by atoms with Gasteiger partial charge in [-0.15, -0.1) is 23.1 Å². The summed E-state index contributed by atoms with van der Waals surface area (Å²) in [6, 6.07) is 10.4. The average molecular weight is 442 g/mol. The van der Waals surface area contributed by atoms with E-state index in [9.17, 15) is 14.4 Å². The van der Waals surface area contributed by atoms with E-state index >= 15 is 0 Å². The molecule has 3 aromatic rings. The Kier molecular flexibility index (Phi) is 6.96. The number of amides is 1. The highest BCUT2D eigenvalue weighted by Gasteiger charge is 2.20. The summed E-state index contributed by atoms with van der Waals surface area (Å²) in [5, 5.41) is 3.31. The average Bonchev–Trinajstić information content (AvgIpc) is 3.13. The van der Waals surface area contributed by atoms with Gasteiger partial charge < -0.3 is 10.1 Å². The van der Waals surface area contributed by atoms with Gasteiger partial charge in [0.1, 0.15) is 9.88 Å². The number of Topliss-reactive ketones (excluding diaryl/α,β-unsaturated/α-hetero) is 1. The van der Waals surface area contributed by atoms with Crippen LogP contribution in [0.1, 0.15) is 32.6 Å². The van der Waals surface area contributed by atoms with E-state index in [0.717, 1.165) is 4.90 Å². The number of anilines is 1. The molecule has 154 valence electrons. The number of nitrogens with zero attached hydrogens (tertiary/aromatic N) is 2. The van der Waals surface area contributed by atoms with Crippen molar-refractivity contribution in [3.8, 4) is 10.7 Å².